The number of aromatic nitrogens is 4. The number of fused-ring (bicyclic) bond motifs is 1. The average molecular weight is 299 g/mol. The SMILES string of the molecule is COc1cc(Nc2c(C)c(C)nc3ncnn23)cc(OC)c1. The van der Waals surface area contributed by atoms with E-state index in [0.717, 1.165) is 22.8 Å². The fourth-order valence-electron chi connectivity index (χ4n) is 2.20. The van der Waals surface area contributed by atoms with Crippen LogP contribution in [0.2, 0.25) is 0 Å². The predicted molar refractivity (Wildman–Crippen MR) is 83.1 cm³/mol. The largest absolute Gasteiger partial charge is 0.497 e. The van der Waals surface area contributed by atoms with E-state index in [-0.39, 0.29) is 0 Å². The van der Waals surface area contributed by atoms with Gasteiger partial charge in [-0.1, -0.05) is 0 Å². The monoisotopic (exact) mass is 299 g/mol. The zero-order valence-corrected chi connectivity index (χ0v) is 12.9. The fraction of sp³-hybridized carbons (Fsp3) is 0.267. The molecule has 0 radical (unpaired) electrons. The Balaban J connectivity index is 2.10. The van der Waals surface area contributed by atoms with Crippen molar-refractivity contribution in [3.05, 3.63) is 35.8 Å². The first kappa shape index (κ1) is 14.1. The summed E-state index contributed by atoms with van der Waals surface area (Å²) in [5.74, 6) is 2.79. The fourth-order valence-corrected chi connectivity index (χ4v) is 2.20. The topological polar surface area (TPSA) is 73.6 Å². The van der Waals surface area contributed by atoms with Gasteiger partial charge in [-0.25, -0.2) is 4.98 Å². The highest BCUT2D eigenvalue weighted by Crippen LogP contribution is 2.29. The number of benzene rings is 1. The second kappa shape index (κ2) is 5.51. The van der Waals surface area contributed by atoms with E-state index >= 15 is 0 Å². The van der Waals surface area contributed by atoms with E-state index in [0.29, 0.717) is 17.3 Å². The van der Waals surface area contributed by atoms with Crippen molar-refractivity contribution in [2.24, 2.45) is 0 Å². The number of anilines is 2. The van der Waals surface area contributed by atoms with Crippen LogP contribution in [0.3, 0.4) is 0 Å². The van der Waals surface area contributed by atoms with E-state index in [1.807, 2.05) is 32.0 Å². The summed E-state index contributed by atoms with van der Waals surface area (Å²) in [5, 5.41) is 7.57. The standard InChI is InChI=1S/C15H17N5O2/c1-9-10(2)18-15-16-8-17-20(15)14(9)19-11-5-12(21-3)7-13(6-11)22-4/h5-8,19H,1-4H3. The zero-order chi connectivity index (χ0) is 15.7. The molecule has 2 aromatic heterocycles. The van der Waals surface area contributed by atoms with Gasteiger partial charge in [0.05, 0.1) is 14.2 Å². The van der Waals surface area contributed by atoms with Crippen molar-refractivity contribution in [2.45, 2.75) is 13.8 Å². The molecule has 0 aliphatic heterocycles. The normalized spacial score (nSPS) is 10.7. The van der Waals surface area contributed by atoms with Gasteiger partial charge in [-0.05, 0) is 13.8 Å². The lowest BCUT2D eigenvalue weighted by molar-refractivity contribution is 0.395. The van der Waals surface area contributed by atoms with Crippen LogP contribution in [0.25, 0.3) is 5.78 Å². The van der Waals surface area contributed by atoms with E-state index in [4.69, 9.17) is 9.47 Å². The van der Waals surface area contributed by atoms with Crippen LogP contribution in [0.1, 0.15) is 11.3 Å². The number of hydrogen-bond acceptors (Lipinski definition) is 6. The zero-order valence-electron chi connectivity index (χ0n) is 12.9. The average Bonchev–Trinajstić information content (AvgIpc) is 2.99. The van der Waals surface area contributed by atoms with Crippen LogP contribution in [0, 0.1) is 13.8 Å². The lowest BCUT2D eigenvalue weighted by Crippen LogP contribution is -2.06. The summed E-state index contributed by atoms with van der Waals surface area (Å²) < 4.78 is 12.3. The molecule has 0 unspecified atom stereocenters. The van der Waals surface area contributed by atoms with Crippen LogP contribution in [0.5, 0.6) is 11.5 Å². The molecule has 22 heavy (non-hydrogen) atoms. The third kappa shape index (κ3) is 2.41. The number of rotatable bonds is 4. The maximum Gasteiger partial charge on any atom is 0.254 e. The molecule has 7 heteroatoms. The molecule has 0 atom stereocenters. The molecule has 0 spiro atoms. The first-order valence-electron chi connectivity index (χ1n) is 6.79. The molecule has 0 aliphatic rings. The van der Waals surface area contributed by atoms with Gasteiger partial charge in [-0.2, -0.15) is 14.6 Å². The molecule has 3 aromatic rings. The van der Waals surface area contributed by atoms with Crippen LogP contribution >= 0.6 is 0 Å². The highest BCUT2D eigenvalue weighted by molar-refractivity contribution is 5.65. The molecule has 114 valence electrons. The van der Waals surface area contributed by atoms with Crippen LogP contribution in [-0.4, -0.2) is 33.8 Å². The number of methoxy groups -OCH3 is 2. The molecule has 0 saturated heterocycles. The van der Waals surface area contributed by atoms with E-state index in [1.165, 1.54) is 6.33 Å². The van der Waals surface area contributed by atoms with Crippen molar-refractivity contribution < 1.29 is 9.47 Å². The maximum atomic E-state index is 5.29. The summed E-state index contributed by atoms with van der Waals surface area (Å²) in [7, 11) is 3.24. The lowest BCUT2D eigenvalue weighted by atomic mass is 10.2. The summed E-state index contributed by atoms with van der Waals surface area (Å²) in [6, 6.07) is 5.60. The summed E-state index contributed by atoms with van der Waals surface area (Å²) in [6.45, 7) is 3.94. The number of nitrogens with one attached hydrogen (secondary N) is 1. The summed E-state index contributed by atoms with van der Waals surface area (Å²) in [4.78, 5) is 8.55. The summed E-state index contributed by atoms with van der Waals surface area (Å²) >= 11 is 0. The third-order valence-corrected chi connectivity index (χ3v) is 3.52. The van der Waals surface area contributed by atoms with Gasteiger partial charge in [0.1, 0.15) is 23.6 Å². The molecule has 0 aliphatic carbocycles. The highest BCUT2D eigenvalue weighted by atomic mass is 16.5. The molecule has 2 heterocycles. The van der Waals surface area contributed by atoms with Crippen LogP contribution in [-0.2, 0) is 0 Å². The van der Waals surface area contributed by atoms with Crippen LogP contribution in [0.15, 0.2) is 24.5 Å². The quantitative estimate of drug-likeness (QED) is 0.798. The number of nitrogens with zero attached hydrogens (tertiary/aromatic N) is 4. The molecule has 0 bridgehead atoms. The molecular weight excluding hydrogens is 282 g/mol. The Morgan fingerprint density at radius 1 is 1.05 bits per heavy atom. The Bertz CT molecular complexity index is 806. The van der Waals surface area contributed by atoms with Gasteiger partial charge in [-0.15, -0.1) is 0 Å². The Morgan fingerprint density at radius 3 is 2.36 bits per heavy atom. The molecular formula is C15H17N5O2. The second-order valence-electron chi connectivity index (χ2n) is 4.87. The Labute approximate surface area is 127 Å². The Morgan fingerprint density at radius 2 is 1.73 bits per heavy atom. The van der Waals surface area contributed by atoms with Gasteiger partial charge in [0, 0.05) is 35.1 Å². The minimum Gasteiger partial charge on any atom is -0.497 e. The van der Waals surface area contributed by atoms with Gasteiger partial charge in [0.2, 0.25) is 0 Å². The molecule has 3 rings (SSSR count). The van der Waals surface area contributed by atoms with Crippen molar-refractivity contribution in [1.82, 2.24) is 19.6 Å². The van der Waals surface area contributed by atoms with Gasteiger partial charge in [0.25, 0.3) is 5.78 Å². The predicted octanol–water partition coefficient (Wildman–Crippen LogP) is 2.50. The summed E-state index contributed by atoms with van der Waals surface area (Å²) in [6.07, 6.45) is 1.48. The second-order valence-corrected chi connectivity index (χ2v) is 4.87. The molecule has 0 saturated carbocycles. The van der Waals surface area contributed by atoms with Crippen molar-refractivity contribution >= 4 is 17.3 Å². The van der Waals surface area contributed by atoms with Crippen molar-refractivity contribution in [3.63, 3.8) is 0 Å². The Hall–Kier alpha value is -2.83. The number of hydrogen-bond donors (Lipinski definition) is 1. The van der Waals surface area contributed by atoms with Gasteiger partial charge < -0.3 is 14.8 Å². The van der Waals surface area contributed by atoms with Crippen molar-refractivity contribution in [3.8, 4) is 11.5 Å². The van der Waals surface area contributed by atoms with Gasteiger partial charge in [-0.3, -0.25) is 0 Å². The van der Waals surface area contributed by atoms with Crippen molar-refractivity contribution in [2.75, 3.05) is 19.5 Å². The van der Waals surface area contributed by atoms with E-state index in [2.05, 4.69) is 20.4 Å². The smallest absolute Gasteiger partial charge is 0.254 e. The van der Waals surface area contributed by atoms with Gasteiger partial charge >= 0.3 is 0 Å². The minimum atomic E-state index is 0.556. The first-order chi connectivity index (χ1) is 10.6. The number of aryl methyl sites for hydroxylation is 1. The Kier molecular flexibility index (Phi) is 3.54. The van der Waals surface area contributed by atoms with Crippen molar-refractivity contribution in [1.29, 1.82) is 0 Å². The number of ether oxygens (including phenoxy) is 2. The molecule has 7 nitrogen and oxygen atoms in total. The molecule has 0 amide bonds. The summed E-state index contributed by atoms with van der Waals surface area (Å²) in [5.41, 5.74) is 2.74. The van der Waals surface area contributed by atoms with E-state index in [9.17, 15) is 0 Å². The molecule has 1 N–H and O–H groups in total. The lowest BCUT2D eigenvalue weighted by Gasteiger charge is -2.14. The van der Waals surface area contributed by atoms with Crippen LogP contribution in [0.4, 0.5) is 11.5 Å². The molecule has 1 aromatic carbocycles. The third-order valence-electron chi connectivity index (χ3n) is 3.52. The van der Waals surface area contributed by atoms with Crippen LogP contribution < -0.4 is 14.8 Å². The van der Waals surface area contributed by atoms with Gasteiger partial charge in [0.15, 0.2) is 0 Å². The van der Waals surface area contributed by atoms with E-state index in [1.54, 1.807) is 18.7 Å². The maximum absolute atomic E-state index is 5.29. The minimum absolute atomic E-state index is 0.556. The first-order valence-corrected chi connectivity index (χ1v) is 6.79. The highest BCUT2D eigenvalue weighted by Gasteiger charge is 2.12. The molecule has 0 fully saturated rings. The van der Waals surface area contributed by atoms with E-state index < -0.39 is 0 Å².